The molecule has 1 heterocycles. The highest BCUT2D eigenvalue weighted by molar-refractivity contribution is 6.30. The zero-order chi connectivity index (χ0) is 18.4. The first kappa shape index (κ1) is 18.7. The first-order valence-electron chi connectivity index (χ1n) is 9.10. The molecule has 138 valence electrons. The maximum absolute atomic E-state index is 12.2. The summed E-state index contributed by atoms with van der Waals surface area (Å²) in [5, 5.41) is 3.51. The monoisotopic (exact) mass is 372 g/mol. The van der Waals surface area contributed by atoms with Crippen LogP contribution < -0.4 is 10.1 Å². The molecular weight excluding hydrogens is 348 g/mol. The van der Waals surface area contributed by atoms with Crippen molar-refractivity contribution in [1.82, 2.24) is 10.2 Å². The van der Waals surface area contributed by atoms with Gasteiger partial charge in [-0.15, -0.1) is 0 Å². The standard InChI is InChI=1S/C21H25ClN2O2/c1-16(26-20-6-4-5-19(22)13-20)21(25)23-14-17-7-9-18(10-8-17)15-24-11-2-3-12-24/h4-10,13,16H,2-3,11-12,14-15H2,1H3,(H,23,25)/t16-/m1/s1. The van der Waals surface area contributed by atoms with Gasteiger partial charge < -0.3 is 10.1 Å². The number of likely N-dealkylation sites (tertiary alicyclic amines) is 1. The highest BCUT2D eigenvalue weighted by atomic mass is 35.5. The van der Waals surface area contributed by atoms with E-state index < -0.39 is 6.10 Å². The molecule has 1 saturated heterocycles. The van der Waals surface area contributed by atoms with E-state index in [1.54, 1.807) is 31.2 Å². The number of hydrogen-bond acceptors (Lipinski definition) is 3. The van der Waals surface area contributed by atoms with E-state index in [1.807, 2.05) is 0 Å². The highest BCUT2D eigenvalue weighted by Crippen LogP contribution is 2.18. The molecule has 0 unspecified atom stereocenters. The topological polar surface area (TPSA) is 41.6 Å². The molecule has 3 rings (SSSR count). The van der Waals surface area contributed by atoms with Gasteiger partial charge >= 0.3 is 0 Å². The molecule has 0 spiro atoms. The molecule has 0 aliphatic carbocycles. The number of ether oxygens (including phenoxy) is 1. The third kappa shape index (κ3) is 5.48. The number of carbonyl (C=O) groups is 1. The number of amides is 1. The predicted octanol–water partition coefficient (Wildman–Crippen LogP) is 4.02. The molecule has 5 heteroatoms. The summed E-state index contributed by atoms with van der Waals surface area (Å²) in [5.74, 6) is 0.442. The Kier molecular flexibility index (Phi) is 6.53. The highest BCUT2D eigenvalue weighted by Gasteiger charge is 2.15. The first-order valence-corrected chi connectivity index (χ1v) is 9.48. The number of benzene rings is 2. The maximum Gasteiger partial charge on any atom is 0.261 e. The number of hydrogen-bond donors (Lipinski definition) is 1. The Bertz CT molecular complexity index is 727. The molecule has 26 heavy (non-hydrogen) atoms. The largest absolute Gasteiger partial charge is 0.481 e. The molecule has 0 radical (unpaired) electrons. The van der Waals surface area contributed by atoms with Gasteiger partial charge in [0.15, 0.2) is 6.10 Å². The van der Waals surface area contributed by atoms with Crippen molar-refractivity contribution in [3.63, 3.8) is 0 Å². The van der Waals surface area contributed by atoms with E-state index in [1.165, 1.54) is 31.5 Å². The third-order valence-corrected chi connectivity index (χ3v) is 4.81. The van der Waals surface area contributed by atoms with Crippen LogP contribution in [0.4, 0.5) is 0 Å². The van der Waals surface area contributed by atoms with Gasteiger partial charge in [0.2, 0.25) is 0 Å². The van der Waals surface area contributed by atoms with E-state index in [4.69, 9.17) is 16.3 Å². The van der Waals surface area contributed by atoms with Crippen LogP contribution in [0.3, 0.4) is 0 Å². The number of halogens is 1. The van der Waals surface area contributed by atoms with Crippen molar-refractivity contribution in [2.45, 2.75) is 39.0 Å². The molecule has 1 N–H and O–H groups in total. The summed E-state index contributed by atoms with van der Waals surface area (Å²) in [7, 11) is 0. The number of nitrogens with one attached hydrogen (secondary N) is 1. The Morgan fingerprint density at radius 1 is 1.15 bits per heavy atom. The zero-order valence-electron chi connectivity index (χ0n) is 15.1. The van der Waals surface area contributed by atoms with Gasteiger partial charge in [-0.1, -0.05) is 41.9 Å². The number of nitrogens with zero attached hydrogens (tertiary/aromatic N) is 1. The molecule has 1 atom stereocenters. The maximum atomic E-state index is 12.2. The van der Waals surface area contributed by atoms with Crippen LogP contribution in [-0.2, 0) is 17.9 Å². The first-order chi connectivity index (χ1) is 12.6. The number of rotatable bonds is 7. The Morgan fingerprint density at radius 3 is 2.54 bits per heavy atom. The van der Waals surface area contributed by atoms with Crippen molar-refractivity contribution >= 4 is 17.5 Å². The molecule has 1 amide bonds. The van der Waals surface area contributed by atoms with Crippen LogP contribution in [0.1, 0.15) is 30.9 Å². The molecule has 4 nitrogen and oxygen atoms in total. The normalized spacial score (nSPS) is 15.6. The number of carbonyl (C=O) groups excluding carboxylic acids is 1. The second-order valence-corrected chi connectivity index (χ2v) is 7.17. The molecule has 1 fully saturated rings. The second-order valence-electron chi connectivity index (χ2n) is 6.74. The summed E-state index contributed by atoms with van der Waals surface area (Å²) < 4.78 is 5.64. The Balaban J connectivity index is 1.46. The lowest BCUT2D eigenvalue weighted by atomic mass is 10.1. The molecule has 2 aromatic rings. The van der Waals surface area contributed by atoms with Gasteiger partial charge in [-0.3, -0.25) is 9.69 Å². The lowest BCUT2D eigenvalue weighted by Gasteiger charge is -2.16. The van der Waals surface area contributed by atoms with E-state index in [2.05, 4.69) is 34.5 Å². The lowest BCUT2D eigenvalue weighted by Crippen LogP contribution is -2.35. The van der Waals surface area contributed by atoms with Crippen LogP contribution in [0.15, 0.2) is 48.5 Å². The van der Waals surface area contributed by atoms with Crippen LogP contribution in [0.5, 0.6) is 5.75 Å². The van der Waals surface area contributed by atoms with Crippen LogP contribution >= 0.6 is 11.6 Å². The molecule has 0 bridgehead atoms. The predicted molar refractivity (Wildman–Crippen MR) is 104 cm³/mol. The van der Waals surface area contributed by atoms with Crippen LogP contribution in [0.2, 0.25) is 5.02 Å². The average molecular weight is 373 g/mol. The van der Waals surface area contributed by atoms with Gasteiger partial charge in [0.25, 0.3) is 5.91 Å². The molecule has 0 aromatic heterocycles. The Labute approximate surface area is 160 Å². The summed E-state index contributed by atoms with van der Waals surface area (Å²) in [5.41, 5.74) is 2.40. The molecular formula is C21H25ClN2O2. The van der Waals surface area contributed by atoms with Crippen molar-refractivity contribution in [2.24, 2.45) is 0 Å². The third-order valence-electron chi connectivity index (χ3n) is 4.57. The van der Waals surface area contributed by atoms with E-state index in [-0.39, 0.29) is 5.91 Å². The van der Waals surface area contributed by atoms with Crippen LogP contribution in [-0.4, -0.2) is 30.0 Å². The minimum Gasteiger partial charge on any atom is -0.481 e. The fourth-order valence-electron chi connectivity index (χ4n) is 3.09. The minimum absolute atomic E-state index is 0.147. The van der Waals surface area contributed by atoms with Crippen molar-refractivity contribution in [3.05, 3.63) is 64.7 Å². The van der Waals surface area contributed by atoms with Crippen molar-refractivity contribution in [3.8, 4) is 5.75 Å². The fourth-order valence-corrected chi connectivity index (χ4v) is 3.27. The average Bonchev–Trinajstić information content (AvgIpc) is 3.14. The summed E-state index contributed by atoms with van der Waals surface area (Å²) >= 11 is 5.93. The summed E-state index contributed by atoms with van der Waals surface area (Å²) in [6.07, 6.45) is 2.03. The summed E-state index contributed by atoms with van der Waals surface area (Å²) in [4.78, 5) is 14.7. The van der Waals surface area contributed by atoms with E-state index >= 15 is 0 Å². The van der Waals surface area contributed by atoms with E-state index in [0.717, 1.165) is 12.1 Å². The summed E-state index contributed by atoms with van der Waals surface area (Å²) in [6, 6.07) is 15.5. The second kappa shape index (κ2) is 9.06. The molecule has 2 aromatic carbocycles. The Hall–Kier alpha value is -2.04. The smallest absolute Gasteiger partial charge is 0.261 e. The lowest BCUT2D eigenvalue weighted by molar-refractivity contribution is -0.127. The summed E-state index contributed by atoms with van der Waals surface area (Å²) in [6.45, 7) is 5.63. The van der Waals surface area contributed by atoms with Gasteiger partial charge in [0, 0.05) is 18.1 Å². The van der Waals surface area contributed by atoms with Gasteiger partial charge in [0.05, 0.1) is 0 Å². The minimum atomic E-state index is -0.581. The van der Waals surface area contributed by atoms with Gasteiger partial charge in [-0.2, -0.15) is 0 Å². The van der Waals surface area contributed by atoms with Crippen molar-refractivity contribution < 1.29 is 9.53 Å². The van der Waals surface area contributed by atoms with Gasteiger partial charge in [0.1, 0.15) is 5.75 Å². The van der Waals surface area contributed by atoms with Gasteiger partial charge in [-0.25, -0.2) is 0 Å². The van der Waals surface area contributed by atoms with Crippen molar-refractivity contribution in [1.29, 1.82) is 0 Å². The van der Waals surface area contributed by atoms with Crippen LogP contribution in [0, 0.1) is 0 Å². The van der Waals surface area contributed by atoms with Crippen molar-refractivity contribution in [2.75, 3.05) is 13.1 Å². The van der Waals surface area contributed by atoms with Crippen LogP contribution in [0.25, 0.3) is 0 Å². The van der Waals surface area contributed by atoms with Gasteiger partial charge in [-0.05, 0) is 62.2 Å². The molecule has 1 aliphatic rings. The quantitative estimate of drug-likeness (QED) is 0.798. The SMILES string of the molecule is C[C@@H](Oc1cccc(Cl)c1)C(=O)NCc1ccc(CN2CCCC2)cc1. The fraction of sp³-hybridized carbons (Fsp3) is 0.381. The van der Waals surface area contributed by atoms with E-state index in [9.17, 15) is 4.79 Å². The zero-order valence-corrected chi connectivity index (χ0v) is 15.8. The van der Waals surface area contributed by atoms with E-state index in [0.29, 0.717) is 17.3 Å². The molecule has 1 aliphatic heterocycles. The Morgan fingerprint density at radius 2 is 1.85 bits per heavy atom. The molecule has 0 saturated carbocycles.